The van der Waals surface area contributed by atoms with Gasteiger partial charge in [0, 0.05) is 13.6 Å². The molecule has 25 heavy (non-hydrogen) atoms. The minimum absolute atomic E-state index is 0.0569. The van der Waals surface area contributed by atoms with Crippen molar-refractivity contribution in [3.63, 3.8) is 0 Å². The molecule has 0 aliphatic carbocycles. The van der Waals surface area contributed by atoms with Crippen molar-refractivity contribution in [1.29, 1.82) is 0 Å². The molecule has 0 saturated carbocycles. The van der Waals surface area contributed by atoms with Crippen molar-refractivity contribution >= 4 is 15.9 Å². The number of nitrogens with one attached hydrogen (secondary N) is 1. The predicted octanol–water partition coefficient (Wildman–Crippen LogP) is 2.38. The maximum absolute atomic E-state index is 12.9. The van der Waals surface area contributed by atoms with Crippen LogP contribution in [0.3, 0.4) is 0 Å². The maximum Gasteiger partial charge on any atom is 0.243 e. The number of amides is 1. The summed E-state index contributed by atoms with van der Waals surface area (Å²) in [6.45, 7) is 3.96. The molecule has 0 aliphatic heterocycles. The molecule has 0 radical (unpaired) electrons. The summed E-state index contributed by atoms with van der Waals surface area (Å²) in [4.78, 5) is 12.0. The molecular formula is C18H21FN2O3S. The Morgan fingerprint density at radius 2 is 1.76 bits per heavy atom. The number of hydrogen-bond donors (Lipinski definition) is 1. The number of likely N-dealkylation sites (N-methyl/N-ethyl adjacent to an activating group) is 1. The number of rotatable bonds is 6. The lowest BCUT2D eigenvalue weighted by molar-refractivity contribution is -0.121. The molecule has 7 heteroatoms. The molecule has 0 fully saturated rings. The summed E-state index contributed by atoms with van der Waals surface area (Å²) >= 11 is 0. The molecule has 1 N–H and O–H groups in total. The highest BCUT2D eigenvalue weighted by Crippen LogP contribution is 2.14. The van der Waals surface area contributed by atoms with Gasteiger partial charge in [0.05, 0.1) is 11.4 Å². The average Bonchev–Trinajstić information content (AvgIpc) is 2.54. The second kappa shape index (κ2) is 7.76. The fourth-order valence-electron chi connectivity index (χ4n) is 2.37. The van der Waals surface area contributed by atoms with Crippen LogP contribution >= 0.6 is 0 Å². The molecular weight excluding hydrogens is 343 g/mol. The highest BCUT2D eigenvalue weighted by atomic mass is 32.2. The van der Waals surface area contributed by atoms with Crippen molar-refractivity contribution < 1.29 is 17.6 Å². The van der Waals surface area contributed by atoms with Gasteiger partial charge in [0.25, 0.3) is 0 Å². The molecule has 0 atom stereocenters. The van der Waals surface area contributed by atoms with E-state index in [-0.39, 0.29) is 11.4 Å². The van der Waals surface area contributed by atoms with E-state index in [1.165, 1.54) is 19.2 Å². The summed E-state index contributed by atoms with van der Waals surface area (Å²) in [5.41, 5.74) is 3.17. The van der Waals surface area contributed by atoms with Gasteiger partial charge in [-0.1, -0.05) is 23.8 Å². The number of carbonyl (C=O) groups excluding carboxylic acids is 1. The average molecular weight is 364 g/mol. The van der Waals surface area contributed by atoms with E-state index in [0.29, 0.717) is 6.54 Å². The molecule has 134 valence electrons. The van der Waals surface area contributed by atoms with Crippen LogP contribution in [0.2, 0.25) is 0 Å². The van der Waals surface area contributed by atoms with Gasteiger partial charge >= 0.3 is 0 Å². The molecule has 2 aromatic rings. The van der Waals surface area contributed by atoms with Crippen molar-refractivity contribution in [3.8, 4) is 0 Å². The van der Waals surface area contributed by atoms with E-state index in [2.05, 4.69) is 5.32 Å². The Morgan fingerprint density at radius 3 is 2.36 bits per heavy atom. The van der Waals surface area contributed by atoms with Gasteiger partial charge in [-0.05, 0) is 49.2 Å². The highest BCUT2D eigenvalue weighted by molar-refractivity contribution is 7.89. The summed E-state index contributed by atoms with van der Waals surface area (Å²) in [6.07, 6.45) is 0. The summed E-state index contributed by atoms with van der Waals surface area (Å²) in [5, 5.41) is 2.72. The number of carbonyl (C=O) groups is 1. The molecule has 2 aromatic carbocycles. The van der Waals surface area contributed by atoms with Crippen molar-refractivity contribution in [2.75, 3.05) is 13.6 Å². The zero-order valence-electron chi connectivity index (χ0n) is 14.4. The third kappa shape index (κ3) is 4.87. The quantitative estimate of drug-likeness (QED) is 0.856. The molecule has 2 rings (SSSR count). The van der Waals surface area contributed by atoms with Crippen molar-refractivity contribution in [1.82, 2.24) is 9.62 Å². The van der Waals surface area contributed by atoms with E-state index in [0.717, 1.165) is 33.1 Å². The van der Waals surface area contributed by atoms with Crippen LogP contribution in [0.1, 0.15) is 16.7 Å². The first-order valence-electron chi connectivity index (χ1n) is 7.75. The number of hydrogen-bond acceptors (Lipinski definition) is 3. The molecule has 5 nitrogen and oxygen atoms in total. The van der Waals surface area contributed by atoms with Crippen LogP contribution in [0.5, 0.6) is 0 Å². The lowest BCUT2D eigenvalue weighted by Gasteiger charge is -2.17. The maximum atomic E-state index is 12.9. The first-order valence-corrected chi connectivity index (χ1v) is 9.19. The second-order valence-electron chi connectivity index (χ2n) is 5.92. The summed E-state index contributed by atoms with van der Waals surface area (Å²) in [5.74, 6) is -0.930. The summed E-state index contributed by atoms with van der Waals surface area (Å²) in [6, 6.07) is 10.4. The van der Waals surface area contributed by atoms with Crippen LogP contribution in [-0.2, 0) is 21.4 Å². The smallest absolute Gasteiger partial charge is 0.243 e. The monoisotopic (exact) mass is 364 g/mol. The van der Waals surface area contributed by atoms with E-state index in [9.17, 15) is 17.6 Å². The van der Waals surface area contributed by atoms with Gasteiger partial charge in [0.2, 0.25) is 15.9 Å². The molecule has 0 spiro atoms. The number of nitrogens with zero attached hydrogens (tertiary/aromatic N) is 1. The second-order valence-corrected chi connectivity index (χ2v) is 7.97. The Kier molecular flexibility index (Phi) is 5.92. The van der Waals surface area contributed by atoms with Crippen LogP contribution < -0.4 is 5.32 Å². The van der Waals surface area contributed by atoms with Gasteiger partial charge in [-0.25, -0.2) is 12.8 Å². The van der Waals surface area contributed by atoms with E-state index in [1.807, 2.05) is 32.0 Å². The Hall–Kier alpha value is -2.25. The first-order chi connectivity index (χ1) is 11.7. The van der Waals surface area contributed by atoms with Gasteiger partial charge in [0.15, 0.2) is 0 Å². The molecule has 0 unspecified atom stereocenters. The van der Waals surface area contributed by atoms with Crippen molar-refractivity contribution in [2.24, 2.45) is 0 Å². The van der Waals surface area contributed by atoms with E-state index >= 15 is 0 Å². The minimum atomic E-state index is -3.84. The first kappa shape index (κ1) is 19.1. The largest absolute Gasteiger partial charge is 0.351 e. The van der Waals surface area contributed by atoms with Crippen LogP contribution in [0.25, 0.3) is 0 Å². The van der Waals surface area contributed by atoms with Crippen LogP contribution in [-0.4, -0.2) is 32.2 Å². The van der Waals surface area contributed by atoms with Gasteiger partial charge in [-0.2, -0.15) is 4.31 Å². The Balaban J connectivity index is 1.98. The highest BCUT2D eigenvalue weighted by Gasteiger charge is 2.22. The van der Waals surface area contributed by atoms with E-state index in [4.69, 9.17) is 0 Å². The molecule has 0 bridgehead atoms. The van der Waals surface area contributed by atoms with Gasteiger partial charge < -0.3 is 5.32 Å². The topological polar surface area (TPSA) is 66.5 Å². The van der Waals surface area contributed by atoms with E-state index in [1.54, 1.807) is 0 Å². The van der Waals surface area contributed by atoms with Crippen molar-refractivity contribution in [2.45, 2.75) is 25.3 Å². The fourth-order valence-corrected chi connectivity index (χ4v) is 3.49. The van der Waals surface area contributed by atoms with Crippen molar-refractivity contribution in [3.05, 3.63) is 65.0 Å². The molecule has 0 aliphatic rings. The Bertz CT molecular complexity index is 864. The lowest BCUT2D eigenvalue weighted by Crippen LogP contribution is -2.38. The molecule has 0 heterocycles. The van der Waals surface area contributed by atoms with Gasteiger partial charge in [0.1, 0.15) is 5.82 Å². The normalized spacial score (nSPS) is 11.6. The summed E-state index contributed by atoms with van der Waals surface area (Å²) < 4.78 is 38.6. The standard InChI is InChI=1S/C18H21FN2O3S/c1-13-4-5-15(14(2)10-13)11-20-18(22)12-21(3)25(23,24)17-8-6-16(19)7-9-17/h4-10H,11-12H2,1-3H3,(H,20,22). The zero-order valence-corrected chi connectivity index (χ0v) is 15.2. The molecule has 1 amide bonds. The lowest BCUT2D eigenvalue weighted by atomic mass is 10.1. The fraction of sp³-hybridized carbons (Fsp3) is 0.278. The van der Waals surface area contributed by atoms with Gasteiger partial charge in [-0.15, -0.1) is 0 Å². The van der Waals surface area contributed by atoms with Gasteiger partial charge in [-0.3, -0.25) is 4.79 Å². The third-order valence-corrected chi connectivity index (χ3v) is 5.68. The third-order valence-electron chi connectivity index (χ3n) is 3.86. The van der Waals surface area contributed by atoms with E-state index < -0.39 is 21.7 Å². The molecule has 0 aromatic heterocycles. The number of sulfonamides is 1. The molecule has 0 saturated heterocycles. The SMILES string of the molecule is Cc1ccc(CNC(=O)CN(C)S(=O)(=O)c2ccc(F)cc2)c(C)c1. The minimum Gasteiger partial charge on any atom is -0.351 e. The number of benzene rings is 2. The predicted molar refractivity (Wildman–Crippen MR) is 94.0 cm³/mol. The van der Waals surface area contributed by atoms with Crippen LogP contribution in [0, 0.1) is 19.7 Å². The van der Waals surface area contributed by atoms with Crippen LogP contribution in [0.15, 0.2) is 47.4 Å². The number of halogens is 1. The zero-order chi connectivity index (χ0) is 18.6. The Labute approximate surface area is 147 Å². The Morgan fingerprint density at radius 1 is 1.12 bits per heavy atom. The summed E-state index contributed by atoms with van der Waals surface area (Å²) in [7, 11) is -2.53. The van der Waals surface area contributed by atoms with Crippen LogP contribution in [0.4, 0.5) is 4.39 Å². The number of aryl methyl sites for hydroxylation is 2.